The Kier molecular flexibility index (Phi) is 8.73. The van der Waals surface area contributed by atoms with Crippen LogP contribution in [0.4, 0.5) is 0 Å². The summed E-state index contributed by atoms with van der Waals surface area (Å²) in [5.41, 5.74) is 7.46. The summed E-state index contributed by atoms with van der Waals surface area (Å²) >= 11 is 0. The summed E-state index contributed by atoms with van der Waals surface area (Å²) in [5, 5.41) is 2.96. The van der Waals surface area contributed by atoms with E-state index in [1.807, 2.05) is 0 Å². The van der Waals surface area contributed by atoms with Crippen LogP contribution in [-0.2, 0) is 20.8 Å². The third-order valence-corrected chi connectivity index (χ3v) is 5.83. The average Bonchev–Trinajstić information content (AvgIpc) is 2.75. The molecule has 6 heteroatoms. The molecule has 1 atom stereocenters. The lowest BCUT2D eigenvalue weighted by Crippen LogP contribution is -2.47. The van der Waals surface area contributed by atoms with Crippen molar-refractivity contribution < 1.29 is 14.3 Å². The molecule has 0 bridgehead atoms. The average molecular weight is 390 g/mol. The lowest BCUT2D eigenvalue weighted by atomic mass is 9.92. The molecule has 1 amide bonds. The Morgan fingerprint density at radius 1 is 1.18 bits per heavy atom. The van der Waals surface area contributed by atoms with Crippen LogP contribution < -0.4 is 11.1 Å². The fraction of sp³-hybridized carbons (Fsp3) is 0.682. The van der Waals surface area contributed by atoms with Crippen LogP contribution in [0.15, 0.2) is 30.3 Å². The lowest BCUT2D eigenvalue weighted by molar-refractivity contribution is -0.124. The summed E-state index contributed by atoms with van der Waals surface area (Å²) in [7, 11) is 0. The minimum Gasteiger partial charge on any atom is -0.381 e. The smallest absolute Gasteiger partial charge is 0.237 e. The predicted octanol–water partition coefficient (Wildman–Crippen LogP) is 1.93. The molecular formula is C22H35N3O3. The minimum atomic E-state index is -0.418. The largest absolute Gasteiger partial charge is 0.381 e. The summed E-state index contributed by atoms with van der Waals surface area (Å²) in [6, 6.07) is 10.2. The third-order valence-electron chi connectivity index (χ3n) is 5.83. The highest BCUT2D eigenvalue weighted by molar-refractivity contribution is 5.81. The van der Waals surface area contributed by atoms with E-state index in [4.69, 9.17) is 15.2 Å². The summed E-state index contributed by atoms with van der Waals surface area (Å²) in [4.78, 5) is 14.7. The highest BCUT2D eigenvalue weighted by Crippen LogP contribution is 2.18. The van der Waals surface area contributed by atoms with Crippen molar-refractivity contribution in [3.05, 3.63) is 35.9 Å². The van der Waals surface area contributed by atoms with Gasteiger partial charge < -0.3 is 20.5 Å². The van der Waals surface area contributed by atoms with Crippen molar-refractivity contribution in [2.24, 2.45) is 11.7 Å². The summed E-state index contributed by atoms with van der Waals surface area (Å²) < 4.78 is 11.3. The van der Waals surface area contributed by atoms with Crippen molar-refractivity contribution >= 4 is 5.91 Å². The molecule has 2 aliphatic heterocycles. The van der Waals surface area contributed by atoms with Gasteiger partial charge in [0, 0.05) is 46.0 Å². The van der Waals surface area contributed by atoms with Gasteiger partial charge in [0.05, 0.1) is 12.1 Å². The summed E-state index contributed by atoms with van der Waals surface area (Å²) in [6.45, 7) is 5.92. The number of rotatable bonds is 9. The molecule has 2 heterocycles. The first-order valence-electron chi connectivity index (χ1n) is 10.7. The van der Waals surface area contributed by atoms with Gasteiger partial charge in [0.1, 0.15) is 0 Å². The van der Waals surface area contributed by atoms with Crippen LogP contribution >= 0.6 is 0 Å². The van der Waals surface area contributed by atoms with Crippen LogP contribution in [0.25, 0.3) is 0 Å². The first kappa shape index (κ1) is 21.2. The Bertz CT molecular complexity index is 570. The lowest BCUT2D eigenvalue weighted by Gasteiger charge is -2.32. The van der Waals surface area contributed by atoms with Crippen LogP contribution in [0.2, 0.25) is 0 Å². The van der Waals surface area contributed by atoms with E-state index >= 15 is 0 Å². The monoisotopic (exact) mass is 389 g/mol. The van der Waals surface area contributed by atoms with Gasteiger partial charge in [-0.25, -0.2) is 0 Å². The molecule has 3 rings (SSSR count). The van der Waals surface area contributed by atoms with Crippen molar-refractivity contribution in [1.29, 1.82) is 0 Å². The van der Waals surface area contributed by atoms with Crippen molar-refractivity contribution in [2.75, 3.05) is 39.5 Å². The number of nitrogens with two attached hydrogens (primary N) is 1. The molecule has 2 aliphatic rings. The van der Waals surface area contributed by atoms with Crippen molar-refractivity contribution in [3.63, 3.8) is 0 Å². The van der Waals surface area contributed by atoms with Gasteiger partial charge in [-0.05, 0) is 43.6 Å². The number of carbonyl (C=O) groups excluding carboxylic acids is 1. The van der Waals surface area contributed by atoms with Crippen LogP contribution in [0, 0.1) is 5.92 Å². The van der Waals surface area contributed by atoms with Crippen molar-refractivity contribution in [2.45, 2.75) is 50.8 Å². The first-order valence-corrected chi connectivity index (χ1v) is 10.7. The molecule has 1 aromatic rings. The number of likely N-dealkylation sites (tertiary alicyclic amines) is 1. The Morgan fingerprint density at radius 3 is 2.61 bits per heavy atom. The number of piperidine rings is 1. The Labute approximate surface area is 168 Å². The number of carbonyl (C=O) groups is 1. The fourth-order valence-corrected chi connectivity index (χ4v) is 4.02. The van der Waals surface area contributed by atoms with Gasteiger partial charge in [0.25, 0.3) is 0 Å². The van der Waals surface area contributed by atoms with E-state index in [0.29, 0.717) is 32.5 Å². The van der Waals surface area contributed by atoms with E-state index in [2.05, 4.69) is 40.5 Å². The fourth-order valence-electron chi connectivity index (χ4n) is 4.02. The van der Waals surface area contributed by atoms with Crippen LogP contribution in [0.3, 0.4) is 0 Å². The van der Waals surface area contributed by atoms with Gasteiger partial charge in [-0.15, -0.1) is 0 Å². The molecule has 1 aromatic carbocycles. The third kappa shape index (κ3) is 6.85. The standard InChI is InChI=1S/C22H35N3O3/c23-21(19-9-15-27-16-10-19)22(26)24-11-4-14-28-20-7-12-25(13-8-20)17-18-5-2-1-3-6-18/h1-3,5-6,19-21H,4,7-17,23H2,(H,24,26). The van der Waals surface area contributed by atoms with E-state index < -0.39 is 6.04 Å². The quantitative estimate of drug-likeness (QED) is 0.631. The number of hydrogen-bond donors (Lipinski definition) is 2. The molecule has 1 unspecified atom stereocenters. The Morgan fingerprint density at radius 2 is 1.89 bits per heavy atom. The highest BCUT2D eigenvalue weighted by atomic mass is 16.5. The molecule has 0 aromatic heterocycles. The zero-order chi connectivity index (χ0) is 19.6. The van der Waals surface area contributed by atoms with Gasteiger partial charge in [-0.2, -0.15) is 0 Å². The van der Waals surface area contributed by atoms with Gasteiger partial charge in [0.15, 0.2) is 0 Å². The zero-order valence-corrected chi connectivity index (χ0v) is 16.9. The molecule has 28 heavy (non-hydrogen) atoms. The topological polar surface area (TPSA) is 76.8 Å². The van der Waals surface area contributed by atoms with E-state index in [1.54, 1.807) is 0 Å². The maximum atomic E-state index is 12.2. The van der Waals surface area contributed by atoms with Gasteiger partial charge in [-0.3, -0.25) is 9.69 Å². The van der Waals surface area contributed by atoms with E-state index in [0.717, 1.165) is 51.7 Å². The molecule has 6 nitrogen and oxygen atoms in total. The van der Waals surface area contributed by atoms with Gasteiger partial charge >= 0.3 is 0 Å². The van der Waals surface area contributed by atoms with Crippen LogP contribution in [0.5, 0.6) is 0 Å². The molecule has 0 aliphatic carbocycles. The normalized spacial score (nSPS) is 20.8. The SMILES string of the molecule is NC(C(=O)NCCCOC1CCN(Cc2ccccc2)CC1)C1CCOCC1. The molecule has 0 saturated carbocycles. The second kappa shape index (κ2) is 11.5. The molecule has 156 valence electrons. The molecule has 2 fully saturated rings. The second-order valence-electron chi connectivity index (χ2n) is 7.95. The molecule has 3 N–H and O–H groups in total. The molecular weight excluding hydrogens is 354 g/mol. The zero-order valence-electron chi connectivity index (χ0n) is 16.9. The second-order valence-corrected chi connectivity index (χ2v) is 7.95. The van der Waals surface area contributed by atoms with Crippen molar-refractivity contribution in [3.8, 4) is 0 Å². The van der Waals surface area contributed by atoms with E-state index in [9.17, 15) is 4.79 Å². The van der Waals surface area contributed by atoms with Gasteiger partial charge in [0.2, 0.25) is 5.91 Å². The van der Waals surface area contributed by atoms with E-state index in [-0.39, 0.29) is 11.8 Å². The number of amides is 1. The number of nitrogens with one attached hydrogen (secondary N) is 1. The van der Waals surface area contributed by atoms with Gasteiger partial charge in [-0.1, -0.05) is 30.3 Å². The Hall–Kier alpha value is -1.47. The van der Waals surface area contributed by atoms with Crippen molar-refractivity contribution in [1.82, 2.24) is 10.2 Å². The number of nitrogens with zero attached hydrogens (tertiary/aromatic N) is 1. The van der Waals surface area contributed by atoms with Crippen LogP contribution in [-0.4, -0.2) is 62.4 Å². The molecule has 0 spiro atoms. The number of benzene rings is 1. The first-order chi connectivity index (χ1) is 13.7. The summed E-state index contributed by atoms with van der Waals surface area (Å²) in [5.74, 6) is 0.201. The minimum absolute atomic E-state index is 0.0406. The highest BCUT2D eigenvalue weighted by Gasteiger charge is 2.26. The maximum Gasteiger partial charge on any atom is 0.237 e. The summed E-state index contributed by atoms with van der Waals surface area (Å²) in [6.07, 6.45) is 5.08. The Balaban J connectivity index is 1.23. The molecule has 0 radical (unpaired) electrons. The molecule has 2 saturated heterocycles. The van der Waals surface area contributed by atoms with Crippen LogP contribution in [0.1, 0.15) is 37.7 Å². The maximum absolute atomic E-state index is 12.2. The number of hydrogen-bond acceptors (Lipinski definition) is 5. The van der Waals surface area contributed by atoms with E-state index in [1.165, 1.54) is 5.56 Å². The predicted molar refractivity (Wildman–Crippen MR) is 110 cm³/mol. The number of ether oxygens (including phenoxy) is 2.